The van der Waals surface area contributed by atoms with Crippen molar-refractivity contribution in [3.05, 3.63) is 42.2 Å². The number of rotatable bonds is 7. The van der Waals surface area contributed by atoms with Gasteiger partial charge in [-0.15, -0.1) is 6.58 Å². The molecule has 0 aromatic heterocycles. The molecule has 2 aliphatic rings. The first-order valence-electron chi connectivity index (χ1n) is 10.8. The quantitative estimate of drug-likeness (QED) is 0.515. The van der Waals surface area contributed by atoms with E-state index in [4.69, 9.17) is 4.74 Å². The second-order valence-electron chi connectivity index (χ2n) is 9.13. The third-order valence-corrected chi connectivity index (χ3v) is 6.10. The lowest BCUT2D eigenvalue weighted by Gasteiger charge is -2.33. The topological polar surface area (TPSA) is 84.5 Å². The molecule has 1 aliphatic heterocycles. The van der Waals surface area contributed by atoms with E-state index >= 15 is 0 Å². The molecule has 2 amide bonds. The average molecular weight is 431 g/mol. The van der Waals surface area contributed by atoms with Gasteiger partial charge in [-0.25, -0.2) is 4.39 Å². The van der Waals surface area contributed by atoms with Crippen molar-refractivity contribution in [1.29, 1.82) is 0 Å². The van der Waals surface area contributed by atoms with E-state index in [-0.39, 0.29) is 18.1 Å². The molecule has 0 radical (unpaired) electrons. The number of ketones is 1. The largest absolute Gasteiger partial charge is 0.488 e. The zero-order chi connectivity index (χ0) is 22.8. The van der Waals surface area contributed by atoms with Gasteiger partial charge in [-0.3, -0.25) is 14.4 Å². The highest BCUT2D eigenvalue weighted by Gasteiger charge is 2.42. The van der Waals surface area contributed by atoms with Crippen LogP contribution >= 0.6 is 0 Å². The van der Waals surface area contributed by atoms with Crippen LogP contribution in [0.5, 0.6) is 5.75 Å². The Morgan fingerprint density at radius 2 is 2.00 bits per heavy atom. The highest BCUT2D eigenvalue weighted by molar-refractivity contribution is 6.05. The average Bonchev–Trinajstić information content (AvgIpc) is 3.54. The molecule has 1 unspecified atom stereocenters. The number of amides is 2. The second-order valence-corrected chi connectivity index (χ2v) is 9.13. The molecule has 31 heavy (non-hydrogen) atoms. The Balaban J connectivity index is 1.80. The molecule has 7 heteroatoms. The van der Waals surface area contributed by atoms with E-state index < -0.39 is 35.2 Å². The molecule has 3 rings (SSSR count). The minimum absolute atomic E-state index is 0.218. The smallest absolute Gasteiger partial charge is 0.235 e. The zero-order valence-corrected chi connectivity index (χ0v) is 18.4. The fraction of sp³-hybridized carbons (Fsp3) is 0.542. The second kappa shape index (κ2) is 9.20. The van der Waals surface area contributed by atoms with Crippen molar-refractivity contribution < 1.29 is 23.5 Å². The van der Waals surface area contributed by atoms with Crippen LogP contribution < -0.4 is 15.4 Å². The Labute approximate surface area is 182 Å². The molecule has 1 saturated carbocycles. The van der Waals surface area contributed by atoms with Crippen LogP contribution in [-0.2, 0) is 20.8 Å². The van der Waals surface area contributed by atoms with Gasteiger partial charge in [0.15, 0.2) is 5.78 Å². The van der Waals surface area contributed by atoms with E-state index in [1.165, 1.54) is 18.2 Å². The number of allylic oxidation sites excluding steroid dienone is 1. The Morgan fingerprint density at radius 3 is 2.65 bits per heavy atom. The van der Waals surface area contributed by atoms with Gasteiger partial charge in [-0.1, -0.05) is 6.08 Å². The fourth-order valence-electron chi connectivity index (χ4n) is 3.74. The third kappa shape index (κ3) is 5.32. The summed E-state index contributed by atoms with van der Waals surface area (Å²) in [5.41, 5.74) is -0.733. The number of hydrogen-bond acceptors (Lipinski definition) is 4. The number of hydrogen-bond donors (Lipinski definition) is 2. The Morgan fingerprint density at radius 1 is 1.29 bits per heavy atom. The maximum absolute atomic E-state index is 13.8. The van der Waals surface area contributed by atoms with Gasteiger partial charge in [0.05, 0.1) is 0 Å². The number of nitrogens with one attached hydrogen (secondary N) is 2. The van der Waals surface area contributed by atoms with Crippen molar-refractivity contribution in [1.82, 2.24) is 10.6 Å². The normalized spacial score (nSPS) is 23.6. The van der Waals surface area contributed by atoms with Crippen LogP contribution in [0, 0.1) is 23.1 Å². The number of Topliss-reactive ketones (excluding diaryl/α,β-unsaturated/α-hetero) is 1. The number of ether oxygens (including phenoxy) is 1. The summed E-state index contributed by atoms with van der Waals surface area (Å²) >= 11 is 0. The van der Waals surface area contributed by atoms with Gasteiger partial charge < -0.3 is 15.4 Å². The predicted molar refractivity (Wildman–Crippen MR) is 115 cm³/mol. The van der Waals surface area contributed by atoms with Gasteiger partial charge in [-0.05, 0) is 76.1 Å². The van der Waals surface area contributed by atoms with Crippen LogP contribution in [0.3, 0.4) is 0 Å². The lowest BCUT2D eigenvalue weighted by Crippen LogP contribution is -2.57. The Kier molecular flexibility index (Phi) is 6.82. The summed E-state index contributed by atoms with van der Waals surface area (Å²) in [5, 5.41) is 5.59. The van der Waals surface area contributed by atoms with Crippen LogP contribution in [0.15, 0.2) is 30.9 Å². The number of benzene rings is 1. The summed E-state index contributed by atoms with van der Waals surface area (Å²) in [6.45, 7) is 9.06. The lowest BCUT2D eigenvalue weighted by molar-refractivity contribution is -0.144. The van der Waals surface area contributed by atoms with Crippen molar-refractivity contribution in [3.8, 4) is 5.75 Å². The lowest BCUT2D eigenvalue weighted by atomic mass is 9.84. The maximum atomic E-state index is 13.8. The SMILES string of the molecule is C=CCC1Cc2cc(F)ccc2O[C@H](C)[C@H](NC(=O)C(C)(C)C(=O)NCC2CC2)C1=O. The highest BCUT2D eigenvalue weighted by Crippen LogP contribution is 2.31. The van der Waals surface area contributed by atoms with E-state index in [0.717, 1.165) is 12.8 Å². The summed E-state index contributed by atoms with van der Waals surface area (Å²) in [7, 11) is 0. The first kappa shape index (κ1) is 23.0. The summed E-state index contributed by atoms with van der Waals surface area (Å²) in [4.78, 5) is 38.9. The molecule has 1 fully saturated rings. The molecule has 1 aromatic carbocycles. The van der Waals surface area contributed by atoms with E-state index in [1.54, 1.807) is 26.8 Å². The van der Waals surface area contributed by atoms with E-state index in [1.807, 2.05) is 0 Å². The molecule has 1 aromatic rings. The van der Waals surface area contributed by atoms with Gasteiger partial charge in [0.2, 0.25) is 11.8 Å². The summed E-state index contributed by atoms with van der Waals surface area (Å²) in [6, 6.07) is 3.28. The van der Waals surface area contributed by atoms with Crippen molar-refractivity contribution in [3.63, 3.8) is 0 Å². The minimum Gasteiger partial charge on any atom is -0.488 e. The molecular formula is C24H31FN2O4. The van der Waals surface area contributed by atoms with Gasteiger partial charge in [0.1, 0.15) is 29.1 Å². The summed E-state index contributed by atoms with van der Waals surface area (Å²) in [6.07, 6.45) is 3.80. The van der Waals surface area contributed by atoms with Crippen molar-refractivity contribution in [2.24, 2.45) is 17.3 Å². The Hall–Kier alpha value is -2.70. The van der Waals surface area contributed by atoms with Crippen molar-refractivity contribution in [2.75, 3.05) is 6.54 Å². The van der Waals surface area contributed by atoms with Crippen LogP contribution in [0.1, 0.15) is 45.6 Å². The molecule has 0 bridgehead atoms. The van der Waals surface area contributed by atoms with Crippen LogP contribution in [0.2, 0.25) is 0 Å². The summed E-state index contributed by atoms with van der Waals surface area (Å²) in [5.74, 6) is -1.03. The van der Waals surface area contributed by atoms with Crippen molar-refractivity contribution >= 4 is 17.6 Å². The Bertz CT molecular complexity index is 878. The van der Waals surface area contributed by atoms with Crippen LogP contribution in [0.25, 0.3) is 0 Å². The van der Waals surface area contributed by atoms with E-state index in [0.29, 0.717) is 30.2 Å². The third-order valence-electron chi connectivity index (χ3n) is 6.10. The molecule has 168 valence electrons. The first-order valence-corrected chi connectivity index (χ1v) is 10.8. The molecule has 0 saturated heterocycles. The van der Waals surface area contributed by atoms with Crippen LogP contribution in [0.4, 0.5) is 4.39 Å². The highest BCUT2D eigenvalue weighted by atomic mass is 19.1. The van der Waals surface area contributed by atoms with Gasteiger partial charge in [0, 0.05) is 12.5 Å². The minimum atomic E-state index is -1.34. The fourth-order valence-corrected chi connectivity index (χ4v) is 3.74. The molecule has 1 aliphatic carbocycles. The van der Waals surface area contributed by atoms with E-state index in [2.05, 4.69) is 17.2 Å². The molecule has 0 spiro atoms. The van der Waals surface area contributed by atoms with E-state index in [9.17, 15) is 18.8 Å². The zero-order valence-electron chi connectivity index (χ0n) is 18.4. The molecular weight excluding hydrogens is 399 g/mol. The van der Waals surface area contributed by atoms with Crippen molar-refractivity contribution in [2.45, 2.75) is 58.6 Å². The maximum Gasteiger partial charge on any atom is 0.235 e. The molecule has 3 atom stereocenters. The standard InChI is InChI=1S/C24H31FN2O4/c1-5-6-16-11-17-12-18(25)9-10-19(17)31-14(2)20(21(16)28)27-23(30)24(3,4)22(29)26-13-15-7-8-15/h5,9-10,12,14-16,20H,1,6-8,11,13H2,2-4H3,(H,26,29)(H,27,30)/t14-,16?,20+/m1/s1. The molecule has 6 nitrogen and oxygen atoms in total. The van der Waals surface area contributed by atoms with Gasteiger partial charge in [0.25, 0.3) is 0 Å². The monoisotopic (exact) mass is 430 g/mol. The van der Waals surface area contributed by atoms with Gasteiger partial charge in [-0.2, -0.15) is 0 Å². The number of carbonyl (C=O) groups is 3. The predicted octanol–water partition coefficient (Wildman–Crippen LogP) is 2.95. The first-order chi connectivity index (χ1) is 14.6. The summed E-state index contributed by atoms with van der Waals surface area (Å²) < 4.78 is 19.7. The number of carbonyl (C=O) groups excluding carboxylic acids is 3. The molecule has 1 heterocycles. The van der Waals surface area contributed by atoms with Crippen LogP contribution in [-0.4, -0.2) is 36.3 Å². The number of fused-ring (bicyclic) bond motifs is 1. The number of halogens is 1. The van der Waals surface area contributed by atoms with Gasteiger partial charge >= 0.3 is 0 Å². The molecule has 2 N–H and O–H groups in total.